The Kier molecular flexibility index (Phi) is 3.37. The van der Waals surface area contributed by atoms with Crippen LogP contribution in [0.4, 0.5) is 10.1 Å². The predicted molar refractivity (Wildman–Crippen MR) is 80.8 cm³/mol. The first-order valence-corrected chi connectivity index (χ1v) is 7.18. The number of benzene rings is 2. The Morgan fingerprint density at radius 3 is 2.62 bits per heavy atom. The molecule has 0 fully saturated rings. The van der Waals surface area contributed by atoms with Gasteiger partial charge in [-0.25, -0.2) is 4.39 Å². The van der Waals surface area contributed by atoms with Crippen molar-refractivity contribution in [1.82, 2.24) is 0 Å². The molecule has 0 unspecified atom stereocenters. The monoisotopic (exact) mass is 347 g/mol. The van der Waals surface area contributed by atoms with Gasteiger partial charge in [-0.3, -0.25) is 9.59 Å². The summed E-state index contributed by atoms with van der Waals surface area (Å²) in [6, 6.07) is 10.2. The average molecular weight is 348 g/mol. The molecule has 3 rings (SSSR count). The van der Waals surface area contributed by atoms with Gasteiger partial charge < -0.3 is 4.90 Å². The molecule has 3 nitrogen and oxygen atoms in total. The summed E-state index contributed by atoms with van der Waals surface area (Å²) in [7, 11) is 0. The lowest BCUT2D eigenvalue weighted by Gasteiger charge is -2.18. The highest BCUT2D eigenvalue weighted by atomic mass is 79.9. The van der Waals surface area contributed by atoms with Gasteiger partial charge in [-0.15, -0.1) is 0 Å². The predicted octanol–water partition coefficient (Wildman–Crippen LogP) is 3.63. The van der Waals surface area contributed by atoms with E-state index in [-0.39, 0.29) is 16.6 Å². The number of ketones is 1. The summed E-state index contributed by atoms with van der Waals surface area (Å²) >= 11 is 3.04. The number of anilines is 1. The van der Waals surface area contributed by atoms with Crippen LogP contribution < -0.4 is 4.90 Å². The third-order valence-electron chi connectivity index (χ3n) is 3.60. The molecule has 106 valence electrons. The van der Waals surface area contributed by atoms with Gasteiger partial charge in [0.25, 0.3) is 11.7 Å². The lowest BCUT2D eigenvalue weighted by Crippen LogP contribution is -2.29. The van der Waals surface area contributed by atoms with Crippen molar-refractivity contribution in [3.8, 4) is 0 Å². The maximum absolute atomic E-state index is 13.7. The Morgan fingerprint density at radius 2 is 1.90 bits per heavy atom. The second-order valence-corrected chi connectivity index (χ2v) is 5.78. The smallest absolute Gasteiger partial charge is 0.299 e. The van der Waals surface area contributed by atoms with Crippen LogP contribution in [-0.4, -0.2) is 11.7 Å². The molecule has 0 radical (unpaired) electrons. The van der Waals surface area contributed by atoms with Crippen LogP contribution in [0, 0.1) is 12.7 Å². The third kappa shape index (κ3) is 2.27. The van der Waals surface area contributed by atoms with Gasteiger partial charge in [0.2, 0.25) is 0 Å². The van der Waals surface area contributed by atoms with Crippen LogP contribution in [0.2, 0.25) is 0 Å². The number of amides is 1. The topological polar surface area (TPSA) is 37.4 Å². The molecule has 5 heteroatoms. The lowest BCUT2D eigenvalue weighted by molar-refractivity contribution is -0.114. The fourth-order valence-corrected chi connectivity index (χ4v) is 2.75. The fourth-order valence-electron chi connectivity index (χ4n) is 2.40. The zero-order valence-electron chi connectivity index (χ0n) is 11.2. The molecule has 21 heavy (non-hydrogen) atoms. The summed E-state index contributed by atoms with van der Waals surface area (Å²) in [5.41, 5.74) is 2.51. The van der Waals surface area contributed by atoms with Crippen molar-refractivity contribution < 1.29 is 14.0 Å². The number of carbonyl (C=O) groups excluding carboxylic acids is 2. The van der Waals surface area contributed by atoms with Gasteiger partial charge in [0.05, 0.1) is 22.3 Å². The lowest BCUT2D eigenvalue weighted by atomic mass is 10.1. The Morgan fingerprint density at radius 1 is 1.19 bits per heavy atom. The molecule has 0 aliphatic carbocycles. The normalized spacial score (nSPS) is 13.8. The van der Waals surface area contributed by atoms with Crippen molar-refractivity contribution >= 4 is 33.3 Å². The molecule has 0 spiro atoms. The molecule has 1 amide bonds. The fraction of sp³-hybridized carbons (Fsp3) is 0.125. The SMILES string of the molecule is Cc1ccccc1CN1C(=O)C(=O)c2cc(Br)c(F)cc21. The zero-order valence-corrected chi connectivity index (χ0v) is 12.8. The molecule has 1 aliphatic rings. The second kappa shape index (κ2) is 5.07. The van der Waals surface area contributed by atoms with E-state index in [0.717, 1.165) is 11.1 Å². The van der Waals surface area contributed by atoms with Gasteiger partial charge in [-0.1, -0.05) is 24.3 Å². The van der Waals surface area contributed by atoms with Gasteiger partial charge in [-0.05, 0) is 46.1 Å². The first-order chi connectivity index (χ1) is 9.99. The largest absolute Gasteiger partial charge is 0.300 e. The highest BCUT2D eigenvalue weighted by molar-refractivity contribution is 9.10. The van der Waals surface area contributed by atoms with E-state index in [1.165, 1.54) is 17.0 Å². The summed E-state index contributed by atoms with van der Waals surface area (Å²) in [4.78, 5) is 25.5. The molecule has 2 aromatic rings. The number of hydrogen-bond donors (Lipinski definition) is 0. The highest BCUT2D eigenvalue weighted by Crippen LogP contribution is 2.34. The Labute approximate surface area is 129 Å². The molecule has 0 saturated carbocycles. The minimum Gasteiger partial charge on any atom is -0.300 e. The zero-order chi connectivity index (χ0) is 15.1. The quantitative estimate of drug-likeness (QED) is 0.778. The number of aryl methyl sites for hydroxylation is 1. The van der Waals surface area contributed by atoms with Gasteiger partial charge in [0, 0.05) is 0 Å². The summed E-state index contributed by atoms with van der Waals surface area (Å²) in [6.45, 7) is 2.19. The number of nitrogens with zero attached hydrogens (tertiary/aromatic N) is 1. The minimum absolute atomic E-state index is 0.181. The van der Waals surface area contributed by atoms with Crippen LogP contribution in [0.5, 0.6) is 0 Å². The molecule has 0 N–H and O–H groups in total. The molecule has 2 aromatic carbocycles. The first kappa shape index (κ1) is 13.9. The van der Waals surface area contributed by atoms with E-state index in [1.807, 2.05) is 31.2 Å². The summed E-state index contributed by atoms with van der Waals surface area (Å²) in [5, 5.41) is 0. The van der Waals surface area contributed by atoms with E-state index in [2.05, 4.69) is 15.9 Å². The molecule has 0 aromatic heterocycles. The number of carbonyl (C=O) groups is 2. The first-order valence-electron chi connectivity index (χ1n) is 6.39. The standard InChI is InChI=1S/C16H11BrFNO2/c1-9-4-2-3-5-10(9)8-19-14-7-13(18)12(17)6-11(14)15(20)16(19)21/h2-7H,8H2,1H3. The van der Waals surface area contributed by atoms with E-state index < -0.39 is 17.5 Å². The van der Waals surface area contributed by atoms with E-state index in [1.54, 1.807) is 0 Å². The van der Waals surface area contributed by atoms with Crippen LogP contribution in [0.3, 0.4) is 0 Å². The Bertz CT molecular complexity index is 773. The molecule has 1 heterocycles. The van der Waals surface area contributed by atoms with Crippen molar-refractivity contribution in [3.63, 3.8) is 0 Å². The molecular weight excluding hydrogens is 337 g/mol. The van der Waals surface area contributed by atoms with Crippen LogP contribution >= 0.6 is 15.9 Å². The Hall–Kier alpha value is -2.01. The van der Waals surface area contributed by atoms with Crippen LogP contribution in [0.15, 0.2) is 40.9 Å². The van der Waals surface area contributed by atoms with Crippen LogP contribution in [-0.2, 0) is 11.3 Å². The number of rotatable bonds is 2. The van der Waals surface area contributed by atoms with Crippen LogP contribution in [0.25, 0.3) is 0 Å². The number of fused-ring (bicyclic) bond motifs is 1. The van der Waals surface area contributed by atoms with E-state index in [9.17, 15) is 14.0 Å². The molecule has 0 saturated heterocycles. The molecule has 0 atom stereocenters. The number of Topliss-reactive ketones (excluding diaryl/α,β-unsaturated/α-hetero) is 1. The highest BCUT2D eigenvalue weighted by Gasteiger charge is 2.36. The second-order valence-electron chi connectivity index (χ2n) is 4.93. The maximum Gasteiger partial charge on any atom is 0.299 e. The average Bonchev–Trinajstić information content (AvgIpc) is 2.67. The van der Waals surface area contributed by atoms with Gasteiger partial charge in [0.15, 0.2) is 0 Å². The number of halogens is 2. The van der Waals surface area contributed by atoms with Crippen molar-refractivity contribution in [2.45, 2.75) is 13.5 Å². The summed E-state index contributed by atoms with van der Waals surface area (Å²) in [6.07, 6.45) is 0. The Balaban J connectivity index is 2.06. The minimum atomic E-state index is -0.620. The van der Waals surface area contributed by atoms with E-state index in [4.69, 9.17) is 0 Å². The van der Waals surface area contributed by atoms with Crippen molar-refractivity contribution in [2.75, 3.05) is 4.90 Å². The van der Waals surface area contributed by atoms with E-state index >= 15 is 0 Å². The maximum atomic E-state index is 13.7. The molecular formula is C16H11BrFNO2. The van der Waals surface area contributed by atoms with E-state index in [0.29, 0.717) is 5.69 Å². The van der Waals surface area contributed by atoms with Gasteiger partial charge in [0.1, 0.15) is 5.82 Å². The van der Waals surface area contributed by atoms with Gasteiger partial charge in [-0.2, -0.15) is 0 Å². The number of hydrogen-bond acceptors (Lipinski definition) is 2. The van der Waals surface area contributed by atoms with Crippen molar-refractivity contribution in [2.24, 2.45) is 0 Å². The van der Waals surface area contributed by atoms with Crippen molar-refractivity contribution in [3.05, 3.63) is 63.4 Å². The molecule has 1 aliphatic heterocycles. The third-order valence-corrected chi connectivity index (χ3v) is 4.21. The molecule has 0 bridgehead atoms. The van der Waals surface area contributed by atoms with Gasteiger partial charge >= 0.3 is 0 Å². The summed E-state index contributed by atoms with van der Waals surface area (Å²) < 4.78 is 13.9. The van der Waals surface area contributed by atoms with Crippen molar-refractivity contribution in [1.29, 1.82) is 0 Å². The summed E-state index contributed by atoms with van der Waals surface area (Å²) in [5.74, 6) is -1.71. The van der Waals surface area contributed by atoms with Crippen LogP contribution in [0.1, 0.15) is 21.5 Å².